The van der Waals surface area contributed by atoms with Crippen LogP contribution in [0.25, 0.3) is 11.0 Å². The van der Waals surface area contributed by atoms with Gasteiger partial charge in [0.05, 0.1) is 50.5 Å². The van der Waals surface area contributed by atoms with Crippen LogP contribution in [0.15, 0.2) is 24.3 Å². The molecule has 0 spiro atoms. The van der Waals surface area contributed by atoms with Crippen molar-refractivity contribution in [2.24, 2.45) is 18.4 Å². The molecule has 1 aliphatic carbocycles. The van der Waals surface area contributed by atoms with Gasteiger partial charge < -0.3 is 25.4 Å². The molecule has 0 bridgehead atoms. The van der Waals surface area contributed by atoms with E-state index in [4.69, 9.17) is 34.6 Å². The molecular formula is C32H37Cl2F3N6O2. The first kappa shape index (κ1) is 34.3. The lowest BCUT2D eigenvalue weighted by molar-refractivity contribution is -0.182. The van der Waals surface area contributed by atoms with Crippen LogP contribution in [-0.4, -0.2) is 47.2 Å². The number of carbonyl (C=O) groups excluding carboxylic acids is 2. The monoisotopic (exact) mass is 664 g/mol. The summed E-state index contributed by atoms with van der Waals surface area (Å²) in [5.41, 5.74) is 2.50. The molecule has 0 saturated heterocycles. The van der Waals surface area contributed by atoms with E-state index in [1.807, 2.05) is 20.8 Å². The molecule has 3 N–H and O–H groups in total. The number of fused-ring (bicyclic) bond motifs is 1. The van der Waals surface area contributed by atoms with Crippen molar-refractivity contribution >= 4 is 63.4 Å². The first-order chi connectivity index (χ1) is 21.0. The number of hydrogen-bond donors (Lipinski definition) is 3. The summed E-state index contributed by atoms with van der Waals surface area (Å²) in [6.45, 7) is 5.87. The van der Waals surface area contributed by atoms with Gasteiger partial charge in [-0.25, -0.2) is 4.98 Å². The third kappa shape index (κ3) is 7.79. The molecule has 1 heterocycles. The lowest BCUT2D eigenvalue weighted by Gasteiger charge is -2.30. The number of aryl methyl sites for hydroxylation is 1. The normalized spacial score (nSPS) is 17.1. The van der Waals surface area contributed by atoms with Crippen LogP contribution in [0, 0.1) is 23.7 Å². The molecule has 3 aromatic rings. The van der Waals surface area contributed by atoms with Crippen LogP contribution in [0.3, 0.4) is 0 Å². The minimum atomic E-state index is -4.23. The fourth-order valence-corrected chi connectivity index (χ4v) is 5.82. The minimum absolute atomic E-state index is 0.0259. The highest BCUT2D eigenvalue weighted by molar-refractivity contribution is 6.39. The highest BCUT2D eigenvalue weighted by Crippen LogP contribution is 2.39. The number of benzene rings is 2. The van der Waals surface area contributed by atoms with Crippen molar-refractivity contribution < 1.29 is 22.8 Å². The highest BCUT2D eigenvalue weighted by Gasteiger charge is 2.41. The largest absolute Gasteiger partial charge is 0.391 e. The van der Waals surface area contributed by atoms with Gasteiger partial charge in [0.1, 0.15) is 0 Å². The standard InChI is InChI=1S/C32H37Cl2F3N6O2/c1-7-14-42(5)24-16-25-23(15-21(24)28(44)39-20-11-9-19(10-12-20)32(35,36)37)40-30(43(25)6)41-27-22(33)13-8-18(26(27)34)17-38-29(45)31(2,3)4/h1,8,13,15-16,19-20H,9-12,14,17H2,2-6H3,(H,38,45)(H,39,44)(H,40,41). The molecule has 0 aliphatic heterocycles. The summed E-state index contributed by atoms with van der Waals surface area (Å²) in [6.07, 6.45) is 1.77. The van der Waals surface area contributed by atoms with E-state index >= 15 is 0 Å². The molecule has 45 heavy (non-hydrogen) atoms. The van der Waals surface area contributed by atoms with Gasteiger partial charge in [0.15, 0.2) is 0 Å². The average molecular weight is 666 g/mol. The van der Waals surface area contributed by atoms with Crippen LogP contribution in [0.1, 0.15) is 62.4 Å². The van der Waals surface area contributed by atoms with E-state index in [-0.39, 0.29) is 50.7 Å². The predicted molar refractivity (Wildman–Crippen MR) is 173 cm³/mol. The van der Waals surface area contributed by atoms with Gasteiger partial charge in [-0.3, -0.25) is 9.59 Å². The maximum absolute atomic E-state index is 13.5. The molecule has 8 nitrogen and oxygen atoms in total. The van der Waals surface area contributed by atoms with Gasteiger partial charge in [-0.2, -0.15) is 13.2 Å². The Labute approximate surface area is 271 Å². The summed E-state index contributed by atoms with van der Waals surface area (Å²) in [5, 5.41) is 9.66. The second-order valence-corrected chi connectivity index (χ2v) is 13.2. The van der Waals surface area contributed by atoms with Gasteiger partial charge in [0.2, 0.25) is 11.9 Å². The van der Waals surface area contributed by atoms with Crippen molar-refractivity contribution in [1.82, 2.24) is 20.2 Å². The van der Waals surface area contributed by atoms with E-state index in [1.54, 1.807) is 47.8 Å². The molecule has 1 aliphatic rings. The zero-order chi connectivity index (χ0) is 33.3. The number of alkyl halides is 3. The van der Waals surface area contributed by atoms with Crippen molar-refractivity contribution in [2.75, 3.05) is 23.8 Å². The second-order valence-electron chi connectivity index (χ2n) is 12.4. The first-order valence-electron chi connectivity index (χ1n) is 14.6. The Hall–Kier alpha value is -3.62. The summed E-state index contributed by atoms with van der Waals surface area (Å²) in [4.78, 5) is 32.4. The molecule has 1 fully saturated rings. The summed E-state index contributed by atoms with van der Waals surface area (Å²) < 4.78 is 41.2. The smallest absolute Gasteiger partial charge is 0.363 e. The molecule has 1 saturated carbocycles. The Morgan fingerprint density at radius 1 is 1.13 bits per heavy atom. The Bertz CT molecular complexity index is 1630. The molecule has 0 radical (unpaired) electrons. The fraction of sp³-hybridized carbons (Fsp3) is 0.469. The third-order valence-electron chi connectivity index (χ3n) is 8.04. The van der Waals surface area contributed by atoms with Crippen LogP contribution < -0.4 is 20.9 Å². The maximum atomic E-state index is 13.5. The molecule has 4 rings (SSSR count). The second kappa shape index (κ2) is 13.4. The number of halogens is 5. The van der Waals surface area contributed by atoms with E-state index in [1.165, 1.54) is 0 Å². The molecule has 0 atom stereocenters. The molecule has 2 aromatic carbocycles. The van der Waals surface area contributed by atoms with Crippen molar-refractivity contribution in [2.45, 2.75) is 65.2 Å². The third-order valence-corrected chi connectivity index (χ3v) is 8.78. The number of nitrogens with one attached hydrogen (secondary N) is 3. The highest BCUT2D eigenvalue weighted by atomic mass is 35.5. The minimum Gasteiger partial charge on any atom is -0.363 e. The summed E-state index contributed by atoms with van der Waals surface area (Å²) in [7, 11) is 3.54. The number of rotatable bonds is 8. The molecule has 0 unspecified atom stereocenters. The fourth-order valence-electron chi connectivity index (χ4n) is 5.29. The van der Waals surface area contributed by atoms with Crippen molar-refractivity contribution in [3.63, 3.8) is 0 Å². The van der Waals surface area contributed by atoms with Crippen molar-refractivity contribution in [1.29, 1.82) is 0 Å². The Kier molecular flexibility index (Phi) is 10.2. The SMILES string of the molecule is C#CCN(C)c1cc2c(cc1C(=O)NC1CCC(C(F)(F)F)CC1)nc(Nc1c(Cl)ccc(CNC(=O)C(C)(C)C)c1Cl)n2C. The number of nitrogens with zero attached hydrogens (tertiary/aromatic N) is 3. The van der Waals surface area contributed by atoms with Crippen LogP contribution >= 0.6 is 23.2 Å². The zero-order valence-corrected chi connectivity index (χ0v) is 27.3. The predicted octanol–water partition coefficient (Wildman–Crippen LogP) is 7.21. The Morgan fingerprint density at radius 3 is 2.40 bits per heavy atom. The first-order valence-corrected chi connectivity index (χ1v) is 15.3. The summed E-state index contributed by atoms with van der Waals surface area (Å²) in [5.74, 6) is 1.08. The van der Waals surface area contributed by atoms with Gasteiger partial charge >= 0.3 is 6.18 Å². The lowest BCUT2D eigenvalue weighted by atomic mass is 9.85. The van der Waals surface area contributed by atoms with Gasteiger partial charge in [0.25, 0.3) is 5.91 Å². The van der Waals surface area contributed by atoms with Gasteiger partial charge in [-0.1, -0.05) is 56.0 Å². The average Bonchev–Trinajstić information content (AvgIpc) is 3.27. The van der Waals surface area contributed by atoms with Gasteiger partial charge in [0, 0.05) is 32.1 Å². The Balaban J connectivity index is 1.63. The lowest BCUT2D eigenvalue weighted by Crippen LogP contribution is -2.40. The van der Waals surface area contributed by atoms with Crippen LogP contribution in [-0.2, 0) is 18.4 Å². The summed E-state index contributed by atoms with van der Waals surface area (Å²) >= 11 is 13.3. The Morgan fingerprint density at radius 2 is 1.80 bits per heavy atom. The number of hydrogen-bond acceptors (Lipinski definition) is 5. The molecule has 242 valence electrons. The topological polar surface area (TPSA) is 91.3 Å². The number of amides is 2. The number of terminal acetylenes is 1. The number of anilines is 3. The maximum Gasteiger partial charge on any atom is 0.391 e. The molecule has 1 aromatic heterocycles. The number of carbonyl (C=O) groups is 2. The molecule has 13 heteroatoms. The zero-order valence-electron chi connectivity index (χ0n) is 25.8. The van der Waals surface area contributed by atoms with E-state index < -0.39 is 23.4 Å². The van der Waals surface area contributed by atoms with E-state index in [2.05, 4.69) is 21.9 Å². The van der Waals surface area contributed by atoms with Crippen LogP contribution in [0.5, 0.6) is 0 Å². The van der Waals surface area contributed by atoms with E-state index in [9.17, 15) is 22.8 Å². The van der Waals surface area contributed by atoms with Crippen LogP contribution in [0.4, 0.5) is 30.5 Å². The number of imidazole rings is 1. The molecular weight excluding hydrogens is 628 g/mol. The van der Waals surface area contributed by atoms with Gasteiger partial charge in [-0.15, -0.1) is 6.42 Å². The van der Waals surface area contributed by atoms with Crippen LogP contribution in [0.2, 0.25) is 10.0 Å². The quantitative estimate of drug-likeness (QED) is 0.222. The van der Waals surface area contributed by atoms with Crippen molar-refractivity contribution in [3.8, 4) is 12.3 Å². The van der Waals surface area contributed by atoms with E-state index in [0.29, 0.717) is 49.5 Å². The van der Waals surface area contributed by atoms with Crippen molar-refractivity contribution in [3.05, 3.63) is 45.4 Å². The molecule has 2 amide bonds. The van der Waals surface area contributed by atoms with Gasteiger partial charge in [-0.05, 0) is 49.4 Å². The summed E-state index contributed by atoms with van der Waals surface area (Å²) in [6, 6.07) is 6.47. The number of aromatic nitrogens is 2. The van der Waals surface area contributed by atoms with E-state index in [0.717, 1.165) is 0 Å².